The van der Waals surface area contributed by atoms with Crippen molar-refractivity contribution in [2.24, 2.45) is 0 Å². The number of carbonyl (C=O) groups is 2. The molecule has 0 saturated carbocycles. The molecule has 0 N–H and O–H groups in total. The summed E-state index contributed by atoms with van der Waals surface area (Å²) >= 11 is 0. The van der Waals surface area contributed by atoms with Crippen LogP contribution in [0.1, 0.15) is 15.9 Å². The van der Waals surface area contributed by atoms with Crippen molar-refractivity contribution in [1.82, 2.24) is 0 Å². The summed E-state index contributed by atoms with van der Waals surface area (Å²) in [6.07, 6.45) is 0.167. The molecule has 0 fully saturated rings. The molecule has 4 aromatic rings. The molecule has 0 aliphatic carbocycles. The van der Waals surface area contributed by atoms with Crippen molar-refractivity contribution in [1.29, 1.82) is 0 Å². The third-order valence-electron chi connectivity index (χ3n) is 4.55. The lowest BCUT2D eigenvalue weighted by Crippen LogP contribution is -2.06. The smallest absolute Gasteiger partial charge is 0.457 e. The van der Waals surface area contributed by atoms with Crippen molar-refractivity contribution >= 4 is 22.7 Å². The van der Waals surface area contributed by atoms with Gasteiger partial charge in [-0.2, -0.15) is 0 Å². The minimum Gasteiger partial charge on any atom is -0.457 e. The molecule has 0 heterocycles. The first kappa shape index (κ1) is 19.9. The lowest BCUT2D eigenvalue weighted by Gasteiger charge is -2.09. The van der Waals surface area contributed by atoms with E-state index in [0.29, 0.717) is 28.4 Å². The van der Waals surface area contributed by atoms with Gasteiger partial charge in [-0.3, -0.25) is 4.79 Å². The summed E-state index contributed by atoms with van der Waals surface area (Å²) in [5, 5.41) is 1.79. The van der Waals surface area contributed by atoms with Crippen LogP contribution in [0.25, 0.3) is 10.8 Å². The van der Waals surface area contributed by atoms with Crippen LogP contribution in [0.15, 0.2) is 104 Å². The highest BCUT2D eigenvalue weighted by molar-refractivity contribution is 6.09. The van der Waals surface area contributed by atoms with Crippen LogP contribution in [0.5, 0.6) is 17.2 Å². The van der Waals surface area contributed by atoms with Crippen LogP contribution < -0.4 is 9.47 Å². The standard InChI is InChI=1S/C26H18O5/c1-2-29-26(28)31-24-15-11-20-16-23(14-10-21(20)17-24)30-22-12-8-19(9-13-22)25(27)18-6-4-3-5-7-18/h2-17H,1H2. The number of benzene rings is 4. The molecule has 0 spiro atoms. The molecule has 5 nitrogen and oxygen atoms in total. The van der Waals surface area contributed by atoms with E-state index in [1.165, 1.54) is 0 Å². The van der Waals surface area contributed by atoms with Gasteiger partial charge in [0.05, 0.1) is 6.26 Å². The summed E-state index contributed by atoms with van der Waals surface area (Å²) in [4.78, 5) is 23.9. The van der Waals surface area contributed by atoms with E-state index in [2.05, 4.69) is 11.3 Å². The quantitative estimate of drug-likeness (QED) is 0.157. The summed E-state index contributed by atoms with van der Waals surface area (Å²) < 4.78 is 15.5. The van der Waals surface area contributed by atoms with Crippen molar-refractivity contribution in [2.75, 3.05) is 0 Å². The Bertz CT molecular complexity index is 1240. The molecule has 5 heteroatoms. The third kappa shape index (κ3) is 4.79. The Balaban J connectivity index is 1.47. The Morgan fingerprint density at radius 1 is 0.677 bits per heavy atom. The minimum atomic E-state index is -0.844. The summed E-state index contributed by atoms with van der Waals surface area (Å²) in [7, 11) is 0. The van der Waals surface area contributed by atoms with Gasteiger partial charge >= 0.3 is 6.16 Å². The van der Waals surface area contributed by atoms with Gasteiger partial charge in [0.15, 0.2) is 5.78 Å². The first-order chi connectivity index (χ1) is 15.1. The molecule has 152 valence electrons. The van der Waals surface area contributed by atoms with Crippen molar-refractivity contribution in [2.45, 2.75) is 0 Å². The second kappa shape index (κ2) is 8.97. The molecular formula is C26H18O5. The van der Waals surface area contributed by atoms with E-state index in [9.17, 15) is 9.59 Å². The van der Waals surface area contributed by atoms with E-state index in [0.717, 1.165) is 17.0 Å². The van der Waals surface area contributed by atoms with Gasteiger partial charge in [-0.25, -0.2) is 4.79 Å². The van der Waals surface area contributed by atoms with Crippen LogP contribution >= 0.6 is 0 Å². The zero-order chi connectivity index (χ0) is 21.6. The Morgan fingerprint density at radius 2 is 1.26 bits per heavy atom. The van der Waals surface area contributed by atoms with Crippen LogP contribution in [-0.2, 0) is 4.74 Å². The van der Waals surface area contributed by atoms with Gasteiger partial charge in [-0.05, 0) is 59.3 Å². The highest BCUT2D eigenvalue weighted by Gasteiger charge is 2.09. The van der Waals surface area contributed by atoms with Crippen molar-refractivity contribution in [3.8, 4) is 17.2 Å². The normalized spacial score (nSPS) is 10.3. The number of ketones is 1. The molecule has 0 aliphatic heterocycles. The van der Waals surface area contributed by atoms with E-state index in [-0.39, 0.29) is 5.78 Å². The molecule has 31 heavy (non-hydrogen) atoms. The average Bonchev–Trinajstić information content (AvgIpc) is 2.80. The van der Waals surface area contributed by atoms with Gasteiger partial charge in [-0.1, -0.05) is 49.0 Å². The topological polar surface area (TPSA) is 61.8 Å². The maximum atomic E-state index is 12.5. The van der Waals surface area contributed by atoms with E-state index in [1.54, 1.807) is 48.5 Å². The predicted octanol–water partition coefficient (Wildman–Crippen LogP) is 6.52. The van der Waals surface area contributed by atoms with Crippen LogP contribution in [0, 0.1) is 0 Å². The lowest BCUT2D eigenvalue weighted by atomic mass is 10.0. The van der Waals surface area contributed by atoms with Gasteiger partial charge < -0.3 is 14.2 Å². The second-order valence-corrected chi connectivity index (χ2v) is 6.63. The number of hydrogen-bond donors (Lipinski definition) is 0. The van der Waals surface area contributed by atoms with Crippen LogP contribution in [0.4, 0.5) is 4.79 Å². The number of hydrogen-bond acceptors (Lipinski definition) is 5. The predicted molar refractivity (Wildman–Crippen MR) is 118 cm³/mol. The van der Waals surface area contributed by atoms with Crippen LogP contribution in [0.3, 0.4) is 0 Å². The van der Waals surface area contributed by atoms with Gasteiger partial charge in [0.25, 0.3) is 0 Å². The van der Waals surface area contributed by atoms with Crippen molar-refractivity contribution in [3.05, 3.63) is 115 Å². The average molecular weight is 410 g/mol. The number of carbonyl (C=O) groups excluding carboxylic acids is 2. The van der Waals surface area contributed by atoms with E-state index < -0.39 is 6.16 Å². The van der Waals surface area contributed by atoms with Gasteiger partial charge in [0, 0.05) is 11.1 Å². The third-order valence-corrected chi connectivity index (χ3v) is 4.55. The van der Waals surface area contributed by atoms with Crippen molar-refractivity contribution < 1.29 is 23.8 Å². The molecule has 4 aromatic carbocycles. The Kier molecular flexibility index (Phi) is 5.76. The molecule has 0 bridgehead atoms. The number of rotatable bonds is 6. The summed E-state index contributed by atoms with van der Waals surface area (Å²) in [5.74, 6) is 1.60. The zero-order valence-electron chi connectivity index (χ0n) is 16.5. The Labute approximate surface area is 179 Å². The molecule has 0 aliphatic rings. The molecule has 0 amide bonds. The highest BCUT2D eigenvalue weighted by Crippen LogP contribution is 2.28. The fraction of sp³-hybridized carbons (Fsp3) is 0. The number of fused-ring (bicyclic) bond motifs is 1. The molecule has 0 aromatic heterocycles. The Morgan fingerprint density at radius 3 is 1.94 bits per heavy atom. The summed E-state index contributed by atoms with van der Waals surface area (Å²) in [5.41, 5.74) is 1.24. The number of ether oxygens (including phenoxy) is 3. The fourth-order valence-corrected chi connectivity index (χ4v) is 3.08. The molecule has 4 rings (SSSR count). The van der Waals surface area contributed by atoms with E-state index in [4.69, 9.17) is 9.47 Å². The molecule has 0 atom stereocenters. The minimum absolute atomic E-state index is 0.0344. The Hall–Kier alpha value is -4.38. The lowest BCUT2D eigenvalue weighted by molar-refractivity contribution is 0.103. The summed E-state index contributed by atoms with van der Waals surface area (Å²) in [6.45, 7) is 3.31. The monoisotopic (exact) mass is 410 g/mol. The van der Waals surface area contributed by atoms with E-state index in [1.807, 2.05) is 42.5 Å². The SMILES string of the molecule is C=COC(=O)Oc1ccc2cc(Oc3ccc(C(=O)c4ccccc4)cc3)ccc2c1. The van der Waals surface area contributed by atoms with Crippen molar-refractivity contribution in [3.63, 3.8) is 0 Å². The first-order valence-electron chi connectivity index (χ1n) is 9.53. The molecular weight excluding hydrogens is 392 g/mol. The maximum absolute atomic E-state index is 12.5. The molecule has 0 unspecified atom stereocenters. The largest absolute Gasteiger partial charge is 0.518 e. The van der Waals surface area contributed by atoms with Gasteiger partial charge in [0.1, 0.15) is 17.2 Å². The van der Waals surface area contributed by atoms with Gasteiger partial charge in [0.2, 0.25) is 0 Å². The van der Waals surface area contributed by atoms with E-state index >= 15 is 0 Å². The molecule has 0 saturated heterocycles. The zero-order valence-corrected chi connectivity index (χ0v) is 16.5. The molecule has 0 radical (unpaired) electrons. The van der Waals surface area contributed by atoms with Crippen LogP contribution in [0.2, 0.25) is 0 Å². The van der Waals surface area contributed by atoms with Gasteiger partial charge in [-0.15, -0.1) is 0 Å². The van der Waals surface area contributed by atoms with Crippen LogP contribution in [-0.4, -0.2) is 11.9 Å². The maximum Gasteiger partial charge on any atom is 0.518 e. The fourth-order valence-electron chi connectivity index (χ4n) is 3.08. The second-order valence-electron chi connectivity index (χ2n) is 6.63. The first-order valence-corrected chi connectivity index (χ1v) is 9.53. The highest BCUT2D eigenvalue weighted by atomic mass is 16.7. The summed E-state index contributed by atoms with van der Waals surface area (Å²) in [6, 6.07) is 26.9.